The Morgan fingerprint density at radius 3 is 2.60 bits per heavy atom. The average Bonchev–Trinajstić information content (AvgIpc) is 3.44. The maximum Gasteiger partial charge on any atom is 0.290 e. The number of benzene rings is 1. The van der Waals surface area contributed by atoms with Crippen LogP contribution in [-0.2, 0) is 0 Å². The molecule has 0 amide bonds. The summed E-state index contributed by atoms with van der Waals surface area (Å²) in [6.07, 6.45) is 2.97. The van der Waals surface area contributed by atoms with Crippen LogP contribution >= 0.6 is 0 Å². The Labute approximate surface area is 142 Å². The van der Waals surface area contributed by atoms with Crippen molar-refractivity contribution in [1.29, 1.82) is 0 Å². The van der Waals surface area contributed by atoms with Crippen LogP contribution in [-0.4, -0.2) is 28.7 Å². The van der Waals surface area contributed by atoms with E-state index in [0.717, 1.165) is 12.8 Å². The monoisotopic (exact) mass is 352 g/mol. The molecule has 0 spiro atoms. The number of pyridine rings is 1. The molecule has 4 nitrogen and oxygen atoms in total. The van der Waals surface area contributed by atoms with E-state index in [9.17, 15) is 18.0 Å². The smallest absolute Gasteiger partial charge is 0.290 e. The minimum atomic E-state index is -3.29. The summed E-state index contributed by atoms with van der Waals surface area (Å²) in [4.78, 5) is 15.1. The van der Waals surface area contributed by atoms with Crippen molar-refractivity contribution in [2.75, 3.05) is 11.9 Å². The fraction of sp³-hybridized carbons (Fsp3) is 0.500. The molecule has 2 aliphatic carbocycles. The van der Waals surface area contributed by atoms with E-state index >= 15 is 0 Å². The highest BCUT2D eigenvalue weighted by atomic mass is 19.3. The number of aromatic nitrogens is 1. The van der Waals surface area contributed by atoms with E-state index in [4.69, 9.17) is 5.11 Å². The maximum absolute atomic E-state index is 14.2. The average molecular weight is 352 g/mol. The third-order valence-electron chi connectivity index (χ3n) is 5.06. The summed E-state index contributed by atoms with van der Waals surface area (Å²) in [5, 5.41) is 12.5. The van der Waals surface area contributed by atoms with Crippen molar-refractivity contribution in [3.8, 4) is 0 Å². The number of fused-ring (bicyclic) bond motifs is 1. The molecule has 134 valence electrons. The van der Waals surface area contributed by atoms with Gasteiger partial charge in [0.1, 0.15) is 12.4 Å². The second kappa shape index (κ2) is 5.76. The molecule has 0 bridgehead atoms. The number of aliphatic hydroxyl groups excluding tert-OH is 1. The predicted octanol–water partition coefficient (Wildman–Crippen LogP) is 3.36. The number of alkyl halides is 2. The van der Waals surface area contributed by atoms with E-state index in [1.54, 1.807) is 0 Å². The van der Waals surface area contributed by atoms with Gasteiger partial charge in [-0.2, -0.15) is 0 Å². The number of anilines is 1. The fourth-order valence-electron chi connectivity index (χ4n) is 3.45. The van der Waals surface area contributed by atoms with Crippen LogP contribution < -0.4 is 10.9 Å². The topological polar surface area (TPSA) is 65.1 Å². The van der Waals surface area contributed by atoms with Gasteiger partial charge in [-0.25, -0.2) is 13.2 Å². The summed E-state index contributed by atoms with van der Waals surface area (Å²) in [5.41, 5.74) is 0.716. The van der Waals surface area contributed by atoms with Crippen LogP contribution in [0.1, 0.15) is 37.2 Å². The number of aliphatic hydroxyl groups is 1. The minimum Gasteiger partial charge on any atom is -0.390 e. The Bertz CT molecular complexity index is 872. The van der Waals surface area contributed by atoms with Gasteiger partial charge in [0, 0.05) is 10.9 Å². The van der Waals surface area contributed by atoms with E-state index in [1.165, 1.54) is 18.2 Å². The van der Waals surface area contributed by atoms with E-state index in [2.05, 4.69) is 10.3 Å². The molecule has 25 heavy (non-hydrogen) atoms. The quantitative estimate of drug-likeness (QED) is 0.747. The molecule has 0 aliphatic heterocycles. The lowest BCUT2D eigenvalue weighted by Gasteiger charge is -2.28. The largest absolute Gasteiger partial charge is 0.390 e. The number of nitrogens with one attached hydrogen (secondary N) is 2. The molecule has 0 saturated heterocycles. The van der Waals surface area contributed by atoms with Crippen molar-refractivity contribution in [3.05, 3.63) is 39.9 Å². The molecular weight excluding hydrogens is 333 g/mol. The van der Waals surface area contributed by atoms with Gasteiger partial charge in [0.05, 0.1) is 17.2 Å². The lowest BCUT2D eigenvalue weighted by molar-refractivity contribution is -0.0694. The summed E-state index contributed by atoms with van der Waals surface area (Å²) in [6.45, 7) is -1.25. The van der Waals surface area contributed by atoms with E-state index in [1.807, 2.05) is 0 Å². The number of rotatable bonds is 6. The molecule has 0 radical (unpaired) electrons. The van der Waals surface area contributed by atoms with Gasteiger partial charge in [-0.05, 0) is 55.7 Å². The number of H-pyrrole nitrogens is 1. The molecule has 2 saturated carbocycles. The Kier molecular flexibility index (Phi) is 3.79. The third-order valence-corrected chi connectivity index (χ3v) is 5.06. The van der Waals surface area contributed by atoms with Gasteiger partial charge in [0.25, 0.3) is 11.5 Å². The SMILES string of the molecule is O=c1[nH]c2cc(F)ccc2c(NC(C2CC2)C(F)(F)CO)c1C1CC1. The molecule has 2 fully saturated rings. The van der Waals surface area contributed by atoms with Crippen LogP contribution in [0, 0.1) is 11.7 Å². The van der Waals surface area contributed by atoms with Gasteiger partial charge in [0.15, 0.2) is 0 Å². The molecule has 7 heteroatoms. The van der Waals surface area contributed by atoms with Crippen molar-refractivity contribution in [1.82, 2.24) is 4.98 Å². The van der Waals surface area contributed by atoms with Crippen molar-refractivity contribution < 1.29 is 18.3 Å². The maximum atomic E-state index is 14.2. The molecule has 2 aliphatic rings. The second-order valence-corrected chi connectivity index (χ2v) is 7.09. The highest BCUT2D eigenvalue weighted by Crippen LogP contribution is 2.46. The summed E-state index contributed by atoms with van der Waals surface area (Å²) in [6, 6.07) is 2.69. The van der Waals surface area contributed by atoms with Crippen molar-refractivity contribution in [3.63, 3.8) is 0 Å². The van der Waals surface area contributed by atoms with Gasteiger partial charge >= 0.3 is 0 Å². The van der Waals surface area contributed by atoms with Gasteiger partial charge in [-0.15, -0.1) is 0 Å². The van der Waals surface area contributed by atoms with Crippen molar-refractivity contribution >= 4 is 16.6 Å². The molecule has 4 rings (SSSR count). The zero-order chi connectivity index (χ0) is 17.8. The lowest BCUT2D eigenvalue weighted by Crippen LogP contribution is -2.44. The summed E-state index contributed by atoms with van der Waals surface area (Å²) in [7, 11) is 0. The molecular formula is C18H19F3N2O2. The van der Waals surface area contributed by atoms with Crippen LogP contribution in [0.2, 0.25) is 0 Å². The van der Waals surface area contributed by atoms with Crippen molar-refractivity contribution in [2.24, 2.45) is 5.92 Å². The Morgan fingerprint density at radius 2 is 2.00 bits per heavy atom. The predicted molar refractivity (Wildman–Crippen MR) is 88.7 cm³/mol. The zero-order valence-electron chi connectivity index (χ0n) is 13.5. The van der Waals surface area contributed by atoms with Gasteiger partial charge in [-0.1, -0.05) is 0 Å². The first kappa shape index (κ1) is 16.4. The number of hydrogen-bond acceptors (Lipinski definition) is 3. The number of hydrogen-bond donors (Lipinski definition) is 3. The van der Waals surface area contributed by atoms with Crippen LogP contribution in [0.15, 0.2) is 23.0 Å². The Hall–Kier alpha value is -2.02. The van der Waals surface area contributed by atoms with Gasteiger partial charge in [0.2, 0.25) is 0 Å². The molecule has 1 heterocycles. The first-order chi connectivity index (χ1) is 11.9. The normalized spacial score (nSPS) is 19.2. The second-order valence-electron chi connectivity index (χ2n) is 7.09. The Morgan fingerprint density at radius 1 is 1.28 bits per heavy atom. The Balaban J connectivity index is 1.86. The third kappa shape index (κ3) is 3.01. The molecule has 1 aromatic heterocycles. The highest BCUT2D eigenvalue weighted by molar-refractivity contribution is 5.93. The van der Waals surface area contributed by atoms with Crippen molar-refractivity contribution in [2.45, 2.75) is 43.6 Å². The molecule has 3 N–H and O–H groups in total. The standard InChI is InChI=1S/C18H19F3N2O2/c19-11-5-6-12-13(7-11)22-17(25)14(9-1-2-9)15(12)23-16(10-3-4-10)18(20,21)8-24/h5-7,9-10,16,24H,1-4,8H2,(H2,22,23,25). The van der Waals surface area contributed by atoms with Crippen LogP contribution in [0.4, 0.5) is 18.9 Å². The van der Waals surface area contributed by atoms with E-state index in [0.29, 0.717) is 29.5 Å². The first-order valence-corrected chi connectivity index (χ1v) is 8.51. The zero-order valence-corrected chi connectivity index (χ0v) is 13.5. The van der Waals surface area contributed by atoms with Crippen LogP contribution in [0.3, 0.4) is 0 Å². The summed E-state index contributed by atoms with van der Waals surface area (Å²) in [5.74, 6) is -4.02. The van der Waals surface area contributed by atoms with Crippen LogP contribution in [0.5, 0.6) is 0 Å². The van der Waals surface area contributed by atoms with Gasteiger partial charge < -0.3 is 15.4 Å². The lowest BCUT2D eigenvalue weighted by atomic mass is 10.0. The fourth-order valence-corrected chi connectivity index (χ4v) is 3.45. The number of aromatic amines is 1. The van der Waals surface area contributed by atoms with Crippen LogP contribution in [0.25, 0.3) is 10.9 Å². The molecule has 1 atom stereocenters. The highest BCUT2D eigenvalue weighted by Gasteiger charge is 2.48. The molecule has 1 aromatic carbocycles. The minimum absolute atomic E-state index is 0.0308. The first-order valence-electron chi connectivity index (χ1n) is 8.51. The molecule has 2 aromatic rings. The van der Waals surface area contributed by atoms with E-state index in [-0.39, 0.29) is 22.9 Å². The summed E-state index contributed by atoms with van der Waals surface area (Å²) >= 11 is 0. The van der Waals surface area contributed by atoms with E-state index < -0.39 is 24.4 Å². The van der Waals surface area contributed by atoms with Gasteiger partial charge in [-0.3, -0.25) is 4.79 Å². The molecule has 1 unspecified atom stereocenters. The summed E-state index contributed by atoms with van der Waals surface area (Å²) < 4.78 is 42.0. The number of halogens is 3.